The van der Waals surface area contributed by atoms with E-state index in [0.29, 0.717) is 22.6 Å². The molecule has 0 N–H and O–H groups in total. The van der Waals surface area contributed by atoms with Gasteiger partial charge in [0.2, 0.25) is 0 Å². The third-order valence-corrected chi connectivity index (χ3v) is 4.40. The molecule has 0 atom stereocenters. The maximum Gasteiger partial charge on any atom is 0.262 e. The molecule has 0 aliphatic rings. The molecule has 0 saturated heterocycles. The number of rotatable bonds is 5. The molecule has 0 bridgehead atoms. The SMILES string of the molecule is N#CCSc1nc2ccccc2c(=O)n1CCc1ccccc1. The quantitative estimate of drug-likeness (QED) is 0.534. The fourth-order valence-corrected chi connectivity index (χ4v) is 3.12. The van der Waals surface area contributed by atoms with Crippen molar-refractivity contribution >= 4 is 22.7 Å². The van der Waals surface area contributed by atoms with Crippen LogP contribution in [-0.2, 0) is 13.0 Å². The number of hydrogen-bond donors (Lipinski definition) is 0. The number of nitriles is 1. The summed E-state index contributed by atoms with van der Waals surface area (Å²) in [5.41, 5.74) is 1.80. The zero-order valence-electron chi connectivity index (χ0n) is 12.5. The zero-order valence-corrected chi connectivity index (χ0v) is 13.3. The molecule has 5 heteroatoms. The van der Waals surface area contributed by atoms with Gasteiger partial charge in [-0.25, -0.2) is 4.98 Å². The monoisotopic (exact) mass is 321 g/mol. The van der Waals surface area contributed by atoms with Crippen molar-refractivity contribution in [3.05, 3.63) is 70.5 Å². The number of nitrogens with zero attached hydrogens (tertiary/aromatic N) is 3. The van der Waals surface area contributed by atoms with E-state index >= 15 is 0 Å². The first-order valence-electron chi connectivity index (χ1n) is 7.33. The molecule has 0 amide bonds. The average Bonchev–Trinajstić information content (AvgIpc) is 2.60. The average molecular weight is 321 g/mol. The minimum atomic E-state index is -0.0491. The van der Waals surface area contributed by atoms with Crippen LogP contribution in [0.25, 0.3) is 10.9 Å². The predicted molar refractivity (Wildman–Crippen MR) is 92.5 cm³/mol. The van der Waals surface area contributed by atoms with Crippen molar-refractivity contribution in [2.24, 2.45) is 0 Å². The summed E-state index contributed by atoms with van der Waals surface area (Å²) in [5.74, 6) is 0.274. The van der Waals surface area contributed by atoms with Crippen molar-refractivity contribution in [3.63, 3.8) is 0 Å². The Kier molecular flexibility index (Phi) is 4.74. The standard InChI is InChI=1S/C18H15N3OS/c19-11-13-23-18-20-16-9-5-4-8-15(16)17(22)21(18)12-10-14-6-2-1-3-7-14/h1-9H,10,12-13H2. The molecule has 3 aromatic rings. The summed E-state index contributed by atoms with van der Waals surface area (Å²) >= 11 is 1.30. The van der Waals surface area contributed by atoms with Crippen LogP contribution < -0.4 is 5.56 Å². The summed E-state index contributed by atoms with van der Waals surface area (Å²) in [6.07, 6.45) is 0.751. The molecule has 1 heterocycles. The second kappa shape index (κ2) is 7.12. The molecule has 0 unspecified atom stereocenters. The molecular weight excluding hydrogens is 306 g/mol. The summed E-state index contributed by atoms with van der Waals surface area (Å²) in [5, 5.41) is 10.0. The normalized spacial score (nSPS) is 10.6. The van der Waals surface area contributed by atoms with Gasteiger partial charge in [-0.1, -0.05) is 54.2 Å². The number of aryl methyl sites for hydroxylation is 1. The number of para-hydroxylation sites is 1. The van der Waals surface area contributed by atoms with Crippen LogP contribution in [0, 0.1) is 11.3 Å². The van der Waals surface area contributed by atoms with Gasteiger partial charge in [-0.05, 0) is 24.1 Å². The van der Waals surface area contributed by atoms with Gasteiger partial charge < -0.3 is 0 Å². The minimum Gasteiger partial charge on any atom is -0.287 e. The molecule has 3 rings (SSSR count). The first-order valence-corrected chi connectivity index (χ1v) is 8.31. The van der Waals surface area contributed by atoms with Crippen LogP contribution in [0.5, 0.6) is 0 Å². The molecule has 0 aliphatic heterocycles. The minimum absolute atomic E-state index is 0.0491. The smallest absolute Gasteiger partial charge is 0.262 e. The predicted octanol–water partition coefficient (Wildman–Crippen LogP) is 3.25. The second-order valence-electron chi connectivity index (χ2n) is 5.05. The highest BCUT2D eigenvalue weighted by Gasteiger charge is 2.11. The fraction of sp³-hybridized carbons (Fsp3) is 0.167. The lowest BCUT2D eigenvalue weighted by atomic mass is 10.1. The first-order chi connectivity index (χ1) is 11.3. The van der Waals surface area contributed by atoms with Crippen LogP contribution >= 0.6 is 11.8 Å². The summed E-state index contributed by atoms with van der Waals surface area (Å²) in [6.45, 7) is 0.550. The summed E-state index contributed by atoms with van der Waals surface area (Å²) in [7, 11) is 0. The molecule has 0 aliphatic carbocycles. The van der Waals surface area contributed by atoms with E-state index in [1.54, 1.807) is 10.6 Å². The van der Waals surface area contributed by atoms with Gasteiger partial charge in [-0.15, -0.1) is 0 Å². The highest BCUT2D eigenvalue weighted by atomic mass is 32.2. The van der Waals surface area contributed by atoms with Crippen molar-refractivity contribution in [3.8, 4) is 6.07 Å². The van der Waals surface area contributed by atoms with Gasteiger partial charge in [0, 0.05) is 6.54 Å². The lowest BCUT2D eigenvalue weighted by molar-refractivity contribution is 0.596. The Morgan fingerprint density at radius 1 is 1.09 bits per heavy atom. The lowest BCUT2D eigenvalue weighted by Gasteiger charge is -2.12. The Bertz CT molecular complexity index is 913. The van der Waals surface area contributed by atoms with Crippen LogP contribution in [0.4, 0.5) is 0 Å². The van der Waals surface area contributed by atoms with Crippen LogP contribution in [-0.4, -0.2) is 15.3 Å². The summed E-state index contributed by atoms with van der Waals surface area (Å²) in [6, 6.07) is 19.5. The van der Waals surface area contributed by atoms with Crippen LogP contribution in [0.2, 0.25) is 0 Å². The molecule has 0 saturated carbocycles. The van der Waals surface area contributed by atoms with Crippen molar-refractivity contribution in [1.29, 1.82) is 5.26 Å². The molecule has 0 radical (unpaired) electrons. The Morgan fingerprint density at radius 2 is 1.83 bits per heavy atom. The van der Waals surface area contributed by atoms with Crippen molar-refractivity contribution in [2.45, 2.75) is 18.1 Å². The zero-order chi connectivity index (χ0) is 16.1. The molecule has 114 valence electrons. The third-order valence-electron chi connectivity index (χ3n) is 3.56. The molecular formula is C18H15N3OS. The number of hydrogen-bond acceptors (Lipinski definition) is 4. The molecule has 2 aromatic carbocycles. The van der Waals surface area contributed by atoms with Gasteiger partial charge in [0.15, 0.2) is 5.16 Å². The number of benzene rings is 2. The van der Waals surface area contributed by atoms with Crippen LogP contribution in [0.3, 0.4) is 0 Å². The highest BCUT2D eigenvalue weighted by molar-refractivity contribution is 7.99. The Balaban J connectivity index is 2.00. The second-order valence-corrected chi connectivity index (χ2v) is 5.99. The maximum absolute atomic E-state index is 12.8. The van der Waals surface area contributed by atoms with Crippen molar-refractivity contribution < 1.29 is 0 Å². The molecule has 4 nitrogen and oxygen atoms in total. The first kappa shape index (κ1) is 15.3. The van der Waals surface area contributed by atoms with Crippen molar-refractivity contribution in [2.75, 3.05) is 5.75 Å². The summed E-state index contributed by atoms with van der Waals surface area (Å²) in [4.78, 5) is 17.3. The third kappa shape index (κ3) is 3.43. The van der Waals surface area contributed by atoms with E-state index in [1.165, 1.54) is 17.3 Å². The largest absolute Gasteiger partial charge is 0.287 e. The molecule has 1 aromatic heterocycles. The van der Waals surface area contributed by atoms with Gasteiger partial charge in [0.25, 0.3) is 5.56 Å². The fourth-order valence-electron chi connectivity index (χ4n) is 2.44. The summed E-state index contributed by atoms with van der Waals surface area (Å²) < 4.78 is 1.68. The van der Waals surface area contributed by atoms with E-state index in [1.807, 2.05) is 48.5 Å². The van der Waals surface area contributed by atoms with E-state index in [-0.39, 0.29) is 11.3 Å². The number of fused-ring (bicyclic) bond motifs is 1. The topological polar surface area (TPSA) is 58.7 Å². The lowest BCUT2D eigenvalue weighted by Crippen LogP contribution is -2.24. The van der Waals surface area contributed by atoms with Gasteiger partial charge in [-0.2, -0.15) is 5.26 Å². The Morgan fingerprint density at radius 3 is 2.61 bits per heavy atom. The van der Waals surface area contributed by atoms with Crippen LogP contribution in [0.15, 0.2) is 64.5 Å². The Labute approximate surface area is 138 Å². The Hall–Kier alpha value is -2.58. The van der Waals surface area contributed by atoms with E-state index in [2.05, 4.69) is 11.1 Å². The number of thioether (sulfide) groups is 1. The molecule has 0 fully saturated rings. The van der Waals surface area contributed by atoms with Crippen molar-refractivity contribution in [1.82, 2.24) is 9.55 Å². The van der Waals surface area contributed by atoms with Gasteiger partial charge in [-0.3, -0.25) is 9.36 Å². The van der Waals surface area contributed by atoms with Crippen LogP contribution in [0.1, 0.15) is 5.56 Å². The van der Waals surface area contributed by atoms with E-state index in [9.17, 15) is 4.79 Å². The maximum atomic E-state index is 12.8. The van der Waals surface area contributed by atoms with Gasteiger partial charge in [0.1, 0.15) is 0 Å². The van der Waals surface area contributed by atoms with Gasteiger partial charge in [0.05, 0.1) is 22.7 Å². The molecule has 0 spiro atoms. The van der Waals surface area contributed by atoms with E-state index in [0.717, 1.165) is 6.42 Å². The van der Waals surface area contributed by atoms with Gasteiger partial charge >= 0.3 is 0 Å². The van der Waals surface area contributed by atoms with E-state index in [4.69, 9.17) is 5.26 Å². The number of aromatic nitrogens is 2. The highest BCUT2D eigenvalue weighted by Crippen LogP contribution is 2.17. The van der Waals surface area contributed by atoms with E-state index < -0.39 is 0 Å². The molecule has 23 heavy (non-hydrogen) atoms.